The van der Waals surface area contributed by atoms with E-state index in [0.717, 1.165) is 13.0 Å². The minimum Gasteiger partial charge on any atom is -0.385 e. The number of nitrogens with one attached hydrogen (secondary N) is 1. The van der Waals surface area contributed by atoms with Crippen LogP contribution in [0.2, 0.25) is 0 Å². The summed E-state index contributed by atoms with van der Waals surface area (Å²) in [5.74, 6) is 0. The molecule has 0 spiro atoms. The van der Waals surface area contributed by atoms with Crippen LogP contribution >= 0.6 is 0 Å². The topological polar surface area (TPSA) is 12.0 Å². The van der Waals surface area contributed by atoms with Crippen LogP contribution in [0.25, 0.3) is 0 Å². The second kappa shape index (κ2) is 1.76. The van der Waals surface area contributed by atoms with Crippen LogP contribution in [0, 0.1) is 0 Å². The summed E-state index contributed by atoms with van der Waals surface area (Å²) in [7, 11) is 0. The van der Waals surface area contributed by atoms with Crippen molar-refractivity contribution in [3.63, 3.8) is 0 Å². The molecule has 2 bridgehead atoms. The lowest BCUT2D eigenvalue weighted by molar-refractivity contribution is 1.04. The van der Waals surface area contributed by atoms with Crippen molar-refractivity contribution in [2.24, 2.45) is 0 Å². The maximum absolute atomic E-state index is 3.30. The van der Waals surface area contributed by atoms with E-state index in [4.69, 9.17) is 0 Å². The highest BCUT2D eigenvalue weighted by molar-refractivity contribution is 5.46. The van der Waals surface area contributed by atoms with E-state index in [2.05, 4.69) is 29.6 Å². The predicted octanol–water partition coefficient (Wildman–Crippen LogP) is 1.65. The van der Waals surface area contributed by atoms with E-state index >= 15 is 0 Å². The van der Waals surface area contributed by atoms with Crippen LogP contribution in [0.15, 0.2) is 24.3 Å². The Morgan fingerprint density at radius 2 is 1.89 bits per heavy atom. The molecular weight excluding hydrogens is 110 g/mol. The largest absolute Gasteiger partial charge is 0.385 e. The number of hydrogen-bond donors (Lipinski definition) is 1. The highest BCUT2D eigenvalue weighted by Crippen LogP contribution is 2.13. The van der Waals surface area contributed by atoms with Gasteiger partial charge >= 0.3 is 0 Å². The van der Waals surface area contributed by atoms with Crippen molar-refractivity contribution in [2.75, 3.05) is 11.9 Å². The molecule has 46 valence electrons. The van der Waals surface area contributed by atoms with Crippen molar-refractivity contribution < 1.29 is 0 Å². The fraction of sp³-hybridized carbons (Fsp3) is 0.250. The Labute approximate surface area is 54.7 Å². The molecule has 1 aromatic rings. The van der Waals surface area contributed by atoms with Crippen molar-refractivity contribution in [1.82, 2.24) is 0 Å². The average molecular weight is 119 g/mol. The normalized spacial score (nSPS) is 14.7. The van der Waals surface area contributed by atoms with Gasteiger partial charge in [0.25, 0.3) is 0 Å². The first-order valence-corrected chi connectivity index (χ1v) is 3.28. The molecule has 0 atom stereocenters. The third-order valence-corrected chi connectivity index (χ3v) is 1.70. The smallest absolute Gasteiger partial charge is 0.0340 e. The Kier molecular flexibility index (Phi) is 0.950. The van der Waals surface area contributed by atoms with Gasteiger partial charge < -0.3 is 5.32 Å². The maximum atomic E-state index is 3.30. The van der Waals surface area contributed by atoms with E-state index in [1.54, 1.807) is 0 Å². The summed E-state index contributed by atoms with van der Waals surface area (Å²) in [6, 6.07) is 8.61. The first-order chi connectivity index (χ1) is 4.45. The predicted molar refractivity (Wildman–Crippen MR) is 38.6 cm³/mol. The van der Waals surface area contributed by atoms with Gasteiger partial charge in [0, 0.05) is 12.2 Å². The van der Waals surface area contributed by atoms with Gasteiger partial charge in [0.05, 0.1) is 0 Å². The molecule has 0 aromatic heterocycles. The van der Waals surface area contributed by atoms with Gasteiger partial charge in [-0.05, 0) is 24.1 Å². The van der Waals surface area contributed by atoms with Crippen molar-refractivity contribution in [2.45, 2.75) is 6.42 Å². The van der Waals surface area contributed by atoms with Crippen LogP contribution in [-0.2, 0) is 6.42 Å². The van der Waals surface area contributed by atoms with Crippen LogP contribution in [-0.4, -0.2) is 6.54 Å². The summed E-state index contributed by atoms with van der Waals surface area (Å²) >= 11 is 0. The Hall–Kier alpha value is -0.980. The third-order valence-electron chi connectivity index (χ3n) is 1.70. The van der Waals surface area contributed by atoms with Crippen LogP contribution in [0.1, 0.15) is 5.56 Å². The van der Waals surface area contributed by atoms with Gasteiger partial charge in [-0.1, -0.05) is 12.1 Å². The molecule has 2 aliphatic rings. The molecule has 1 nitrogen and oxygen atoms in total. The first kappa shape index (κ1) is 4.86. The molecule has 1 heteroatoms. The lowest BCUT2D eigenvalue weighted by Gasteiger charge is -1.95. The zero-order chi connectivity index (χ0) is 6.10. The van der Waals surface area contributed by atoms with Gasteiger partial charge in [-0.3, -0.25) is 0 Å². The minimum atomic E-state index is 1.09. The number of anilines is 1. The molecule has 0 fully saturated rings. The number of rotatable bonds is 0. The van der Waals surface area contributed by atoms with Crippen molar-refractivity contribution in [3.8, 4) is 0 Å². The van der Waals surface area contributed by atoms with E-state index in [9.17, 15) is 0 Å². The molecule has 0 saturated heterocycles. The monoisotopic (exact) mass is 119 g/mol. The summed E-state index contributed by atoms with van der Waals surface area (Å²) < 4.78 is 0. The molecule has 1 N–H and O–H groups in total. The van der Waals surface area contributed by atoms with E-state index in [0.29, 0.717) is 0 Å². The summed E-state index contributed by atoms with van der Waals surface area (Å²) in [5, 5.41) is 3.30. The highest BCUT2D eigenvalue weighted by atomic mass is 14.9. The summed E-state index contributed by atoms with van der Waals surface area (Å²) in [4.78, 5) is 0. The molecule has 0 unspecified atom stereocenters. The molecule has 0 amide bonds. The molecule has 3 rings (SSSR count). The van der Waals surface area contributed by atoms with Crippen molar-refractivity contribution in [3.05, 3.63) is 29.8 Å². The van der Waals surface area contributed by atoms with Gasteiger partial charge in [-0.25, -0.2) is 0 Å². The Bertz CT molecular complexity index is 177. The van der Waals surface area contributed by atoms with E-state index in [1.807, 2.05) is 0 Å². The lowest BCUT2D eigenvalue weighted by Crippen LogP contribution is -1.99. The van der Waals surface area contributed by atoms with Crippen LogP contribution < -0.4 is 5.32 Å². The maximum Gasteiger partial charge on any atom is 0.0340 e. The molecule has 9 heavy (non-hydrogen) atoms. The van der Waals surface area contributed by atoms with E-state index < -0.39 is 0 Å². The Morgan fingerprint density at radius 3 is 2.67 bits per heavy atom. The van der Waals surface area contributed by atoms with Crippen molar-refractivity contribution in [1.29, 1.82) is 0 Å². The molecule has 2 aliphatic heterocycles. The highest BCUT2D eigenvalue weighted by Gasteiger charge is 1.98. The Balaban J connectivity index is 2.53. The number of hydrogen-bond acceptors (Lipinski definition) is 1. The summed E-state index contributed by atoms with van der Waals surface area (Å²) in [6.07, 6.45) is 1.16. The summed E-state index contributed by atoms with van der Waals surface area (Å²) in [5.41, 5.74) is 2.68. The quantitative estimate of drug-likeness (QED) is 0.547. The zero-order valence-corrected chi connectivity index (χ0v) is 5.22. The van der Waals surface area contributed by atoms with Crippen LogP contribution in [0.3, 0.4) is 0 Å². The van der Waals surface area contributed by atoms with Gasteiger partial charge in [0.1, 0.15) is 0 Å². The van der Waals surface area contributed by atoms with Gasteiger partial charge in [0.15, 0.2) is 0 Å². The second-order valence-corrected chi connectivity index (χ2v) is 2.37. The minimum absolute atomic E-state index is 1.09. The fourth-order valence-electron chi connectivity index (χ4n) is 1.14. The molecule has 0 aliphatic carbocycles. The molecular formula is C8H9N. The van der Waals surface area contributed by atoms with Gasteiger partial charge in [-0.2, -0.15) is 0 Å². The average Bonchev–Trinajstić information content (AvgIpc) is 2.21. The van der Waals surface area contributed by atoms with E-state index in [1.165, 1.54) is 11.3 Å². The van der Waals surface area contributed by atoms with Crippen molar-refractivity contribution >= 4 is 5.69 Å². The SMILES string of the molecule is c1cc2ccc1CCN2. The summed E-state index contributed by atoms with van der Waals surface area (Å²) in [6.45, 7) is 1.09. The zero-order valence-electron chi connectivity index (χ0n) is 5.22. The van der Waals surface area contributed by atoms with Crippen LogP contribution in [0.5, 0.6) is 0 Å². The number of benzene rings is 1. The molecule has 1 aromatic carbocycles. The number of fused-ring (bicyclic) bond motifs is 4. The Morgan fingerprint density at radius 1 is 1.11 bits per heavy atom. The first-order valence-electron chi connectivity index (χ1n) is 3.28. The molecule has 0 radical (unpaired) electrons. The fourth-order valence-corrected chi connectivity index (χ4v) is 1.14. The van der Waals surface area contributed by atoms with E-state index in [-0.39, 0.29) is 0 Å². The second-order valence-electron chi connectivity index (χ2n) is 2.37. The standard InChI is InChI=1S/C8H9N/c1-3-8-4-2-7(1)5-6-9-8/h1-4,9H,5-6H2. The lowest BCUT2D eigenvalue weighted by atomic mass is 10.2. The van der Waals surface area contributed by atoms with Gasteiger partial charge in [-0.15, -0.1) is 0 Å². The molecule has 0 saturated carbocycles. The van der Waals surface area contributed by atoms with Gasteiger partial charge in [0.2, 0.25) is 0 Å². The molecule has 2 heterocycles. The van der Waals surface area contributed by atoms with Crippen LogP contribution in [0.4, 0.5) is 5.69 Å². The third kappa shape index (κ3) is 0.784.